The van der Waals surface area contributed by atoms with Crippen LogP contribution in [0.5, 0.6) is 0 Å². The number of hydrogen-bond acceptors (Lipinski definition) is 3. The Morgan fingerprint density at radius 1 is 1.50 bits per heavy atom. The van der Waals surface area contributed by atoms with Gasteiger partial charge in [-0.25, -0.2) is 9.59 Å². The molecule has 0 spiro atoms. The number of rotatable bonds is 1. The molecular weight excluding hydrogens is 112 g/mol. The van der Waals surface area contributed by atoms with E-state index < -0.39 is 11.1 Å². The second-order valence-corrected chi connectivity index (χ2v) is 1.10. The third-order valence-corrected chi connectivity index (χ3v) is 0.647. The van der Waals surface area contributed by atoms with Crippen molar-refractivity contribution in [3.63, 3.8) is 0 Å². The third kappa shape index (κ3) is 0.404. The van der Waals surface area contributed by atoms with E-state index in [4.69, 9.17) is 5.53 Å². The molecule has 0 unspecified atom stereocenters. The van der Waals surface area contributed by atoms with Gasteiger partial charge in [0, 0.05) is 0 Å². The first-order chi connectivity index (χ1) is 3.77. The van der Waals surface area contributed by atoms with Crippen LogP contribution in [-0.4, -0.2) is 4.68 Å². The maximum Gasteiger partial charge on any atom is 0.435 e. The van der Waals surface area contributed by atoms with Crippen molar-refractivity contribution in [2.24, 2.45) is 5.22 Å². The highest BCUT2D eigenvalue weighted by molar-refractivity contribution is 4.86. The van der Waals surface area contributed by atoms with Crippen LogP contribution in [0.4, 0.5) is 0 Å². The molecule has 0 aliphatic carbocycles. The second-order valence-electron chi connectivity index (χ2n) is 1.10. The average molecular weight is 112 g/mol. The summed E-state index contributed by atoms with van der Waals surface area (Å²) in [4.78, 5) is 22.0. The van der Waals surface area contributed by atoms with Gasteiger partial charge < -0.3 is 0 Å². The Labute approximate surface area is 42.3 Å². The topological polar surface area (TPSA) is 87.8 Å². The lowest BCUT2D eigenvalue weighted by Crippen LogP contribution is -1.88. The zero-order chi connectivity index (χ0) is 6.15. The monoisotopic (exact) mass is 112 g/mol. The Morgan fingerprint density at radius 3 is 2.12 bits per heavy atom. The van der Waals surface area contributed by atoms with Crippen LogP contribution in [0.15, 0.2) is 14.8 Å². The fourth-order valence-corrected chi connectivity index (χ4v) is 0.249. The second kappa shape index (κ2) is 1.21. The molecule has 1 aromatic heterocycles. The van der Waals surface area contributed by atoms with Crippen molar-refractivity contribution in [1.29, 1.82) is 0 Å². The van der Waals surface area contributed by atoms with E-state index in [2.05, 4.69) is 10.1 Å². The van der Waals surface area contributed by atoms with Crippen LogP contribution in [0.25, 0.3) is 10.4 Å². The maximum atomic E-state index is 9.92. The summed E-state index contributed by atoms with van der Waals surface area (Å²) in [6, 6.07) is 0. The van der Waals surface area contributed by atoms with Crippen LogP contribution < -0.4 is 11.1 Å². The number of azide groups is 1. The lowest BCUT2D eigenvalue weighted by atomic mass is 11.1. The average Bonchev–Trinajstić information content (AvgIpc) is 2.25. The molecule has 0 radical (unpaired) electrons. The number of aromatic nitrogens is 1. The molecule has 8 heavy (non-hydrogen) atoms. The Bertz CT molecular complexity index is 284. The minimum Gasteiger partial charge on any atom is -0.231 e. The van der Waals surface area contributed by atoms with Gasteiger partial charge >= 0.3 is 11.1 Å². The fraction of sp³-hybridized carbons (Fsp3) is 0. The van der Waals surface area contributed by atoms with Crippen LogP contribution in [0.3, 0.4) is 0 Å². The van der Waals surface area contributed by atoms with Crippen LogP contribution in [-0.2, 0) is 0 Å². The molecule has 1 rings (SSSR count). The fourth-order valence-electron chi connectivity index (χ4n) is 0.249. The van der Waals surface area contributed by atoms with Gasteiger partial charge in [0.1, 0.15) is 0 Å². The van der Waals surface area contributed by atoms with Crippen molar-refractivity contribution in [1.82, 2.24) is 4.68 Å². The molecule has 1 heterocycles. The van der Waals surface area contributed by atoms with Gasteiger partial charge in [0.15, 0.2) is 0 Å². The van der Waals surface area contributed by atoms with Crippen molar-refractivity contribution in [3.05, 3.63) is 31.2 Å². The molecule has 0 saturated carbocycles. The highest BCUT2D eigenvalue weighted by atomic mass is 16.2. The minimum absolute atomic E-state index is 0.444. The Balaban J connectivity index is 3.16. The van der Waals surface area contributed by atoms with E-state index in [1.165, 1.54) is 0 Å². The highest BCUT2D eigenvalue weighted by Gasteiger charge is 2.20. The summed E-state index contributed by atoms with van der Waals surface area (Å²) in [5.41, 5.74) is 6.13. The zero-order valence-electron chi connectivity index (χ0n) is 3.61. The van der Waals surface area contributed by atoms with Gasteiger partial charge in [-0.2, -0.15) is 4.91 Å². The predicted octanol–water partition coefficient (Wildman–Crippen LogP) is -0.843. The van der Waals surface area contributed by atoms with Crippen LogP contribution in [0, 0.1) is 0 Å². The summed E-state index contributed by atoms with van der Waals surface area (Å²) in [6.07, 6.45) is 0. The van der Waals surface area contributed by atoms with Gasteiger partial charge in [0.25, 0.3) is 0 Å². The van der Waals surface area contributed by atoms with E-state index in [-0.39, 0.29) is 0 Å². The summed E-state index contributed by atoms with van der Waals surface area (Å²) in [7, 11) is 0. The SMILES string of the molecule is [N-]=[N+]=Nn1c(=O)c1=O. The Hall–Kier alpha value is -1.55. The molecule has 40 valence electrons. The first-order valence-corrected chi connectivity index (χ1v) is 1.71. The molecule has 1 aromatic rings. The summed E-state index contributed by atoms with van der Waals surface area (Å²) >= 11 is 0. The van der Waals surface area contributed by atoms with E-state index in [1.54, 1.807) is 0 Å². The standard InChI is InChI=1S/C2N4O2/c3-4-5-6-1(7)2(6)8. The van der Waals surface area contributed by atoms with E-state index in [0.29, 0.717) is 4.68 Å². The smallest absolute Gasteiger partial charge is 0.231 e. The molecule has 0 atom stereocenters. The molecule has 0 saturated heterocycles. The largest absolute Gasteiger partial charge is 0.435 e. The molecule has 0 fully saturated rings. The van der Waals surface area contributed by atoms with Crippen molar-refractivity contribution in [2.45, 2.75) is 0 Å². The molecule has 0 bridgehead atoms. The van der Waals surface area contributed by atoms with Gasteiger partial charge in [0.05, 0.1) is 0 Å². The van der Waals surface area contributed by atoms with Gasteiger partial charge in [0.2, 0.25) is 0 Å². The minimum atomic E-state index is -0.747. The summed E-state index contributed by atoms with van der Waals surface area (Å²) in [5.74, 6) is 0. The molecule has 0 N–H and O–H groups in total. The lowest BCUT2D eigenvalue weighted by Gasteiger charge is -1.56. The Kier molecular flexibility index (Phi) is 0.696. The van der Waals surface area contributed by atoms with Gasteiger partial charge in [-0.05, 0) is 5.22 Å². The van der Waals surface area contributed by atoms with Gasteiger partial charge in [-0.15, -0.1) is 5.53 Å². The first kappa shape index (κ1) is 4.61. The molecule has 6 heteroatoms. The molecule has 0 aliphatic heterocycles. The van der Waals surface area contributed by atoms with Crippen LogP contribution in [0.2, 0.25) is 0 Å². The van der Waals surface area contributed by atoms with Crippen molar-refractivity contribution in [3.8, 4) is 0 Å². The van der Waals surface area contributed by atoms with E-state index >= 15 is 0 Å². The van der Waals surface area contributed by atoms with E-state index in [0.717, 1.165) is 0 Å². The molecular formula is C2N4O2. The normalized spacial score (nSPS) is 9.00. The van der Waals surface area contributed by atoms with Crippen molar-refractivity contribution < 1.29 is 0 Å². The van der Waals surface area contributed by atoms with E-state index in [9.17, 15) is 9.59 Å². The molecule has 0 aliphatic rings. The summed E-state index contributed by atoms with van der Waals surface area (Å²) in [6.45, 7) is 0. The summed E-state index contributed by atoms with van der Waals surface area (Å²) < 4.78 is 0.444. The summed E-state index contributed by atoms with van der Waals surface area (Å²) in [5, 5.41) is 2.71. The predicted molar refractivity (Wildman–Crippen MR) is 23.9 cm³/mol. The van der Waals surface area contributed by atoms with Gasteiger partial charge in [-0.1, -0.05) is 4.68 Å². The zero-order valence-corrected chi connectivity index (χ0v) is 3.61. The lowest BCUT2D eigenvalue weighted by molar-refractivity contribution is 0.936. The molecule has 6 nitrogen and oxygen atoms in total. The van der Waals surface area contributed by atoms with Gasteiger partial charge in [-0.3, -0.25) is 0 Å². The number of hydrogen-bond donors (Lipinski definition) is 0. The molecule has 0 amide bonds. The maximum absolute atomic E-state index is 9.92. The highest BCUT2D eigenvalue weighted by Crippen LogP contribution is 1.68. The van der Waals surface area contributed by atoms with Crippen LogP contribution >= 0.6 is 0 Å². The first-order valence-electron chi connectivity index (χ1n) is 1.71. The van der Waals surface area contributed by atoms with Crippen molar-refractivity contribution >= 4 is 0 Å². The number of nitrogens with zero attached hydrogens (tertiary/aromatic N) is 4. The Morgan fingerprint density at radius 2 is 2.00 bits per heavy atom. The van der Waals surface area contributed by atoms with Crippen LogP contribution in [0.1, 0.15) is 0 Å². The molecule has 0 aromatic carbocycles. The van der Waals surface area contributed by atoms with E-state index in [1.807, 2.05) is 0 Å². The quantitative estimate of drug-likeness (QED) is 0.205. The third-order valence-electron chi connectivity index (χ3n) is 0.647. The van der Waals surface area contributed by atoms with Crippen molar-refractivity contribution in [2.75, 3.05) is 0 Å².